The maximum atomic E-state index is 6.10. The first-order valence-electron chi connectivity index (χ1n) is 5.71. The van der Waals surface area contributed by atoms with Crippen molar-refractivity contribution < 1.29 is 4.74 Å². The van der Waals surface area contributed by atoms with Gasteiger partial charge >= 0.3 is 0 Å². The molecule has 0 aliphatic carbocycles. The number of hydrogen-bond donors (Lipinski definition) is 0. The summed E-state index contributed by atoms with van der Waals surface area (Å²) in [6.45, 7) is 10.5. The summed E-state index contributed by atoms with van der Waals surface area (Å²) >= 11 is 0. The molecule has 1 heterocycles. The fourth-order valence-corrected chi connectivity index (χ4v) is 4.59. The lowest BCUT2D eigenvalue weighted by atomic mass is 9.98. The van der Waals surface area contributed by atoms with Gasteiger partial charge in [0, 0.05) is 6.61 Å². The van der Waals surface area contributed by atoms with E-state index in [2.05, 4.69) is 26.9 Å². The quantitative estimate of drug-likeness (QED) is 0.636. The fraction of sp³-hybridized carbons (Fsp3) is 1.00. The van der Waals surface area contributed by atoms with Gasteiger partial charge in [-0.15, -0.1) is 0 Å². The van der Waals surface area contributed by atoms with Crippen molar-refractivity contribution in [3.63, 3.8) is 0 Å². The number of hydrogen-bond acceptors (Lipinski definition) is 1. The van der Waals surface area contributed by atoms with Crippen LogP contribution in [0.4, 0.5) is 0 Å². The summed E-state index contributed by atoms with van der Waals surface area (Å²) in [5, 5.41) is 0.340. The van der Waals surface area contributed by atoms with Gasteiger partial charge in [0.15, 0.2) is 0 Å². The monoisotopic (exact) mass is 200 g/mol. The van der Waals surface area contributed by atoms with E-state index in [1.54, 1.807) is 0 Å². The molecule has 0 bridgehead atoms. The molecule has 1 rings (SSSR count). The SMILES string of the molecule is CC(C)CC1([SiH](C)C)CCCCO1. The molecule has 1 aliphatic heterocycles. The Labute approximate surface area is 84.5 Å². The van der Waals surface area contributed by atoms with Crippen LogP contribution in [0.15, 0.2) is 0 Å². The van der Waals surface area contributed by atoms with Crippen LogP contribution in [0.25, 0.3) is 0 Å². The van der Waals surface area contributed by atoms with E-state index in [1.165, 1.54) is 25.7 Å². The normalized spacial score (nSPS) is 30.0. The Balaban J connectivity index is 2.61. The van der Waals surface area contributed by atoms with Gasteiger partial charge in [-0.25, -0.2) is 0 Å². The van der Waals surface area contributed by atoms with Crippen molar-refractivity contribution in [3.05, 3.63) is 0 Å². The smallest absolute Gasteiger partial charge is 0.0695 e. The summed E-state index contributed by atoms with van der Waals surface area (Å²) in [5.74, 6) is 0.785. The van der Waals surface area contributed by atoms with Crippen molar-refractivity contribution in [1.82, 2.24) is 0 Å². The minimum absolute atomic E-state index is 0.340. The van der Waals surface area contributed by atoms with Gasteiger partial charge < -0.3 is 4.74 Å². The lowest BCUT2D eigenvalue weighted by Gasteiger charge is -2.41. The predicted molar refractivity (Wildman–Crippen MR) is 60.9 cm³/mol. The van der Waals surface area contributed by atoms with Crippen LogP contribution in [-0.4, -0.2) is 20.6 Å². The standard InChI is InChI=1S/C11H24OSi/c1-10(2)9-11(13(3)4)7-5-6-8-12-11/h10,13H,5-9H2,1-4H3. The van der Waals surface area contributed by atoms with Crippen LogP contribution in [0.5, 0.6) is 0 Å². The van der Waals surface area contributed by atoms with Crippen LogP contribution < -0.4 is 0 Å². The van der Waals surface area contributed by atoms with Crippen molar-refractivity contribution in [1.29, 1.82) is 0 Å². The Morgan fingerprint density at radius 1 is 1.31 bits per heavy atom. The molecule has 0 aromatic rings. The molecule has 1 unspecified atom stereocenters. The van der Waals surface area contributed by atoms with Gasteiger partial charge in [-0.2, -0.15) is 0 Å². The maximum absolute atomic E-state index is 6.10. The van der Waals surface area contributed by atoms with Crippen LogP contribution in [0.1, 0.15) is 39.5 Å². The predicted octanol–water partition coefficient (Wildman–Crippen LogP) is 3.00. The molecule has 0 spiro atoms. The van der Waals surface area contributed by atoms with Gasteiger partial charge in [-0.3, -0.25) is 0 Å². The van der Waals surface area contributed by atoms with E-state index in [1.807, 2.05) is 0 Å². The second-order valence-corrected chi connectivity index (χ2v) is 8.48. The van der Waals surface area contributed by atoms with Crippen molar-refractivity contribution in [3.8, 4) is 0 Å². The maximum Gasteiger partial charge on any atom is 0.0695 e. The highest BCUT2D eigenvalue weighted by molar-refractivity contribution is 6.59. The van der Waals surface area contributed by atoms with E-state index in [9.17, 15) is 0 Å². The minimum atomic E-state index is -0.666. The molecule has 0 N–H and O–H groups in total. The molecular weight excluding hydrogens is 176 g/mol. The van der Waals surface area contributed by atoms with Gasteiger partial charge in [0.05, 0.1) is 14.0 Å². The zero-order chi connectivity index (χ0) is 9.90. The first-order chi connectivity index (χ1) is 6.07. The van der Waals surface area contributed by atoms with Crippen molar-refractivity contribution in [2.24, 2.45) is 5.92 Å². The largest absolute Gasteiger partial charge is 0.379 e. The highest BCUT2D eigenvalue weighted by atomic mass is 28.3. The Morgan fingerprint density at radius 2 is 2.00 bits per heavy atom. The van der Waals surface area contributed by atoms with Crippen LogP contribution >= 0.6 is 0 Å². The summed E-state index contributed by atoms with van der Waals surface area (Å²) in [5.41, 5.74) is 0. The molecule has 1 aliphatic rings. The van der Waals surface area contributed by atoms with Crippen molar-refractivity contribution in [2.45, 2.75) is 57.8 Å². The topological polar surface area (TPSA) is 9.23 Å². The van der Waals surface area contributed by atoms with Gasteiger partial charge in [0.2, 0.25) is 0 Å². The molecule has 1 atom stereocenters. The first-order valence-corrected chi connectivity index (χ1v) is 8.59. The lowest BCUT2D eigenvalue weighted by Crippen LogP contribution is -2.48. The summed E-state index contributed by atoms with van der Waals surface area (Å²) in [7, 11) is -0.666. The van der Waals surface area contributed by atoms with E-state index in [-0.39, 0.29) is 0 Å². The Morgan fingerprint density at radius 3 is 2.38 bits per heavy atom. The van der Waals surface area contributed by atoms with E-state index >= 15 is 0 Å². The van der Waals surface area contributed by atoms with Gasteiger partial charge in [-0.1, -0.05) is 26.9 Å². The van der Waals surface area contributed by atoms with E-state index in [4.69, 9.17) is 4.74 Å². The molecule has 0 aromatic heterocycles. The lowest BCUT2D eigenvalue weighted by molar-refractivity contribution is -0.0347. The van der Waals surface area contributed by atoms with E-state index in [0.29, 0.717) is 5.22 Å². The Kier molecular flexibility index (Phi) is 3.99. The molecule has 0 amide bonds. The highest BCUT2D eigenvalue weighted by Gasteiger charge is 2.37. The summed E-state index contributed by atoms with van der Waals surface area (Å²) < 4.78 is 6.10. The second-order valence-electron chi connectivity index (χ2n) is 5.12. The van der Waals surface area contributed by atoms with Gasteiger partial charge in [0.25, 0.3) is 0 Å². The molecule has 2 heteroatoms. The van der Waals surface area contributed by atoms with Crippen molar-refractivity contribution >= 4 is 8.80 Å². The molecule has 0 aromatic carbocycles. The van der Waals surface area contributed by atoms with E-state index in [0.717, 1.165) is 12.5 Å². The minimum Gasteiger partial charge on any atom is -0.379 e. The molecule has 1 fully saturated rings. The third-order valence-corrected chi connectivity index (χ3v) is 5.99. The molecule has 13 heavy (non-hydrogen) atoms. The Hall–Kier alpha value is 0.177. The average molecular weight is 200 g/mol. The Bertz CT molecular complexity index is 148. The first kappa shape index (κ1) is 11.3. The molecule has 1 nitrogen and oxygen atoms in total. The third kappa shape index (κ3) is 2.81. The molecule has 1 saturated heterocycles. The number of ether oxygens (including phenoxy) is 1. The zero-order valence-electron chi connectivity index (χ0n) is 9.60. The van der Waals surface area contributed by atoms with Crippen LogP contribution in [0, 0.1) is 5.92 Å². The van der Waals surface area contributed by atoms with Crippen molar-refractivity contribution in [2.75, 3.05) is 6.61 Å². The average Bonchev–Trinajstić information content (AvgIpc) is 2.04. The molecule has 78 valence electrons. The number of rotatable bonds is 3. The second kappa shape index (κ2) is 4.60. The summed E-state index contributed by atoms with van der Waals surface area (Å²) in [4.78, 5) is 0. The van der Waals surface area contributed by atoms with Crippen LogP contribution in [0.3, 0.4) is 0 Å². The molecule has 0 saturated carbocycles. The molecule has 0 radical (unpaired) electrons. The third-order valence-electron chi connectivity index (χ3n) is 3.19. The van der Waals surface area contributed by atoms with Gasteiger partial charge in [-0.05, 0) is 31.6 Å². The highest BCUT2D eigenvalue weighted by Crippen LogP contribution is 2.33. The van der Waals surface area contributed by atoms with E-state index < -0.39 is 8.80 Å². The van der Waals surface area contributed by atoms with Crippen LogP contribution in [0.2, 0.25) is 13.1 Å². The molecular formula is C11H24OSi. The van der Waals surface area contributed by atoms with Gasteiger partial charge in [0.1, 0.15) is 0 Å². The zero-order valence-corrected chi connectivity index (χ0v) is 10.8. The summed E-state index contributed by atoms with van der Waals surface area (Å²) in [6.07, 6.45) is 5.28. The fourth-order valence-electron chi connectivity index (χ4n) is 2.42. The van der Waals surface area contributed by atoms with Crippen LogP contribution in [-0.2, 0) is 4.74 Å². The summed E-state index contributed by atoms with van der Waals surface area (Å²) in [6, 6.07) is 0.